The predicted octanol–water partition coefficient (Wildman–Crippen LogP) is 7.59. The van der Waals surface area contributed by atoms with E-state index in [9.17, 15) is 5.11 Å². The van der Waals surface area contributed by atoms with Gasteiger partial charge in [0.15, 0.2) is 0 Å². The second-order valence-electron chi connectivity index (χ2n) is 10.3. The van der Waals surface area contributed by atoms with Gasteiger partial charge in [-0.3, -0.25) is 0 Å². The normalized spacial score (nSPS) is 18.9. The first-order valence-electron chi connectivity index (χ1n) is 14.1. The molecule has 0 amide bonds. The summed E-state index contributed by atoms with van der Waals surface area (Å²) in [5.41, 5.74) is 12.7. The molecule has 0 radical (unpaired) electrons. The van der Waals surface area contributed by atoms with Crippen LogP contribution < -0.4 is 11.1 Å². The molecule has 2 unspecified atom stereocenters. The zero-order valence-corrected chi connectivity index (χ0v) is 26.5. The zero-order chi connectivity index (χ0) is 29.9. The molecule has 2 aliphatic carbocycles. The molecule has 5 nitrogen and oxygen atoms in total. The van der Waals surface area contributed by atoms with E-state index in [4.69, 9.17) is 18.4 Å². The van der Waals surface area contributed by atoms with E-state index in [0.717, 1.165) is 49.3 Å². The number of aryl methyl sites for hydroxylation is 3. The van der Waals surface area contributed by atoms with Crippen LogP contribution in [0.1, 0.15) is 60.4 Å². The van der Waals surface area contributed by atoms with Gasteiger partial charge in [-0.1, -0.05) is 50.8 Å². The first-order valence-corrected chi connectivity index (χ1v) is 15.3. The predicted molar refractivity (Wildman–Crippen MR) is 180 cm³/mol. The van der Waals surface area contributed by atoms with Crippen LogP contribution in [-0.4, -0.2) is 45.3 Å². The van der Waals surface area contributed by atoms with Crippen molar-refractivity contribution in [3.8, 4) is 5.75 Å². The lowest BCUT2D eigenvalue weighted by Gasteiger charge is -2.22. The van der Waals surface area contributed by atoms with Crippen molar-refractivity contribution < 1.29 is 5.11 Å². The molecular weight excluding hydrogens is 533 g/mol. The number of allylic oxidation sites excluding steroid dienone is 2. The summed E-state index contributed by atoms with van der Waals surface area (Å²) >= 11 is 6.56. The fourth-order valence-corrected chi connectivity index (χ4v) is 6.07. The van der Waals surface area contributed by atoms with E-state index in [2.05, 4.69) is 73.8 Å². The van der Waals surface area contributed by atoms with Gasteiger partial charge in [0.05, 0.1) is 10.4 Å². The van der Waals surface area contributed by atoms with E-state index in [-0.39, 0.29) is 10.5 Å². The Morgan fingerprint density at radius 2 is 1.95 bits per heavy atom. The second kappa shape index (κ2) is 15.9. The van der Waals surface area contributed by atoms with Crippen LogP contribution in [0, 0.1) is 19.8 Å². The number of anilines is 1. The van der Waals surface area contributed by atoms with Crippen LogP contribution in [0.15, 0.2) is 61.9 Å². The number of nitrogens with two attached hydrogens (primary N) is 1. The van der Waals surface area contributed by atoms with Gasteiger partial charge in [-0.25, -0.2) is 0 Å². The molecule has 0 bridgehead atoms. The maximum absolute atomic E-state index is 9.86. The van der Waals surface area contributed by atoms with Crippen LogP contribution in [0.4, 0.5) is 5.69 Å². The molecule has 1 aromatic heterocycles. The van der Waals surface area contributed by atoms with Crippen molar-refractivity contribution in [2.75, 3.05) is 31.9 Å². The Balaban J connectivity index is 0.000000384. The fourth-order valence-electron chi connectivity index (χ4n) is 4.79. The van der Waals surface area contributed by atoms with E-state index in [1.165, 1.54) is 34.5 Å². The monoisotopic (exact) mass is 580 g/mol. The van der Waals surface area contributed by atoms with Crippen LogP contribution in [0.3, 0.4) is 0 Å². The molecule has 0 aliphatic heterocycles. The smallest absolute Gasteiger partial charge is 0.119 e. The Morgan fingerprint density at radius 3 is 2.58 bits per heavy atom. The zero-order valence-electron chi connectivity index (χ0n) is 24.8. The van der Waals surface area contributed by atoms with Crippen LogP contribution in [0.2, 0.25) is 0 Å². The van der Waals surface area contributed by atoms with Crippen molar-refractivity contribution in [1.29, 1.82) is 0 Å². The topological polar surface area (TPSA) is 74.4 Å². The number of thiol groups is 1. The number of benzene rings is 1. The van der Waals surface area contributed by atoms with Gasteiger partial charge >= 0.3 is 0 Å². The summed E-state index contributed by atoms with van der Waals surface area (Å²) in [7, 11) is 0. The van der Waals surface area contributed by atoms with Crippen molar-refractivity contribution in [2.24, 2.45) is 5.92 Å². The Bertz CT molecular complexity index is 1210. The van der Waals surface area contributed by atoms with Gasteiger partial charge in [0.1, 0.15) is 5.75 Å². The highest BCUT2D eigenvalue weighted by Gasteiger charge is 2.55. The molecule has 1 saturated carbocycles. The molecule has 2 aromatic rings. The maximum atomic E-state index is 9.86. The highest BCUT2D eigenvalue weighted by Crippen LogP contribution is 2.54. The van der Waals surface area contributed by atoms with E-state index in [1.807, 2.05) is 19.1 Å². The summed E-state index contributed by atoms with van der Waals surface area (Å²) in [6.07, 6.45) is 12.9. The molecule has 0 spiro atoms. The molecule has 0 saturated heterocycles. The van der Waals surface area contributed by atoms with Crippen molar-refractivity contribution in [2.45, 2.75) is 58.1 Å². The minimum absolute atomic E-state index is 0.183. The number of hydrogen-bond donors (Lipinski definition) is 4. The van der Waals surface area contributed by atoms with E-state index in [1.54, 1.807) is 23.7 Å². The van der Waals surface area contributed by atoms with Crippen molar-refractivity contribution in [3.05, 3.63) is 89.1 Å². The van der Waals surface area contributed by atoms with Crippen LogP contribution in [0.25, 0.3) is 12.2 Å². The van der Waals surface area contributed by atoms with E-state index in [0.29, 0.717) is 18.2 Å². The third-order valence-corrected chi connectivity index (χ3v) is 9.01. The molecule has 2 atom stereocenters. The molecular formula is C33H48N4OS2. The Kier molecular flexibility index (Phi) is 13.3. The van der Waals surface area contributed by atoms with Crippen LogP contribution in [-0.2, 0) is 6.42 Å². The molecule has 7 heteroatoms. The minimum atomic E-state index is -0.183. The largest absolute Gasteiger partial charge is 0.508 e. The number of phenolic OH excluding ortho intramolecular Hbond substituents is 1. The van der Waals surface area contributed by atoms with Gasteiger partial charge < -0.3 is 21.1 Å². The lowest BCUT2D eigenvalue weighted by molar-refractivity contribution is 0.263. The summed E-state index contributed by atoms with van der Waals surface area (Å²) in [4.78, 5) is 3.97. The summed E-state index contributed by atoms with van der Waals surface area (Å²) in [6, 6.07) is 3.44. The SMILES string of the molecule is C=C.C=C(/C=C/c1cc(O)c(C)cc1N)NCC1(S)C(=C)C1CN(CCC)CCC.Cc1nsc2c1C=CCC2. The van der Waals surface area contributed by atoms with Crippen molar-refractivity contribution in [1.82, 2.24) is 14.6 Å². The summed E-state index contributed by atoms with van der Waals surface area (Å²) in [5, 5.41) is 13.2. The maximum Gasteiger partial charge on any atom is 0.119 e. The third kappa shape index (κ3) is 8.88. The van der Waals surface area contributed by atoms with Gasteiger partial charge in [-0.15, -0.1) is 13.2 Å². The third-order valence-electron chi connectivity index (χ3n) is 7.25. The fraction of sp³-hybridized carbons (Fsp3) is 0.424. The quantitative estimate of drug-likeness (QED) is 0.0725. The van der Waals surface area contributed by atoms with Crippen molar-refractivity contribution in [3.63, 3.8) is 0 Å². The van der Waals surface area contributed by atoms with Gasteiger partial charge in [-0.05, 0) is 87.9 Å². The number of aromatic hydroxyl groups is 1. The molecule has 218 valence electrons. The number of nitrogens with one attached hydrogen (secondary N) is 1. The molecule has 2 aliphatic rings. The number of nitrogen functional groups attached to an aromatic ring is 1. The highest BCUT2D eigenvalue weighted by molar-refractivity contribution is 7.82. The van der Waals surface area contributed by atoms with Crippen LogP contribution >= 0.6 is 24.2 Å². The average Bonchev–Trinajstić information content (AvgIpc) is 3.24. The van der Waals surface area contributed by atoms with Gasteiger partial charge in [0.2, 0.25) is 0 Å². The lowest BCUT2D eigenvalue weighted by Crippen LogP contribution is -2.32. The van der Waals surface area contributed by atoms with Gasteiger partial charge in [-0.2, -0.15) is 17.0 Å². The number of phenols is 1. The number of fused-ring (bicyclic) bond motifs is 1. The number of nitrogens with zero attached hydrogens (tertiary/aromatic N) is 2. The summed E-state index contributed by atoms with van der Waals surface area (Å²) in [6.45, 7) is 26.6. The molecule has 1 heterocycles. The first-order chi connectivity index (χ1) is 19.1. The van der Waals surface area contributed by atoms with E-state index >= 15 is 0 Å². The van der Waals surface area contributed by atoms with Gasteiger partial charge in [0, 0.05) is 46.4 Å². The molecule has 40 heavy (non-hydrogen) atoms. The Morgan fingerprint density at radius 1 is 1.27 bits per heavy atom. The molecule has 1 fully saturated rings. The second-order valence-corrected chi connectivity index (χ2v) is 12.0. The minimum Gasteiger partial charge on any atom is -0.508 e. The Labute approximate surface area is 251 Å². The number of hydrogen-bond acceptors (Lipinski definition) is 7. The lowest BCUT2D eigenvalue weighted by atomic mass is 10.1. The molecule has 4 N–H and O–H groups in total. The summed E-state index contributed by atoms with van der Waals surface area (Å²) < 4.78 is 4.11. The highest BCUT2D eigenvalue weighted by atomic mass is 32.1. The van der Waals surface area contributed by atoms with Crippen LogP contribution in [0.5, 0.6) is 5.75 Å². The average molecular weight is 581 g/mol. The molecule has 4 rings (SSSR count). The van der Waals surface area contributed by atoms with Crippen molar-refractivity contribution >= 4 is 42.0 Å². The number of rotatable bonds is 11. The summed E-state index contributed by atoms with van der Waals surface area (Å²) in [5.74, 6) is 0.644. The number of aromatic nitrogens is 1. The first kappa shape index (κ1) is 33.5. The molecule has 1 aromatic carbocycles. The van der Waals surface area contributed by atoms with Gasteiger partial charge in [0.25, 0.3) is 0 Å². The standard InChI is InChI=1S/C23H35N3OS.C8H9NS.C2H4/c1-6-10-26(11-7-2)14-20-18(5)23(20,28)15-25-17(4)8-9-19-13-22(27)16(3)12-21(19)24;1-6-7-4-2-3-5-8(7)10-9-6;1-2/h8-9,12-13,20,25,27-28H,4-7,10-11,14-15,24H2,1-3H3;2,4H,3,5H2,1H3;1-2H2/b9-8+;;. The Hall–Kier alpha value is -2.74. The van der Waals surface area contributed by atoms with E-state index < -0.39 is 0 Å².